The molecule has 1 aromatic heterocycles. The summed E-state index contributed by atoms with van der Waals surface area (Å²) in [7, 11) is -0.0150. The normalized spacial score (nSPS) is 14.0. The number of carbonyl (C=O) groups is 1. The lowest BCUT2D eigenvalue weighted by molar-refractivity contribution is -0.117. The van der Waals surface area contributed by atoms with Crippen molar-refractivity contribution in [2.75, 3.05) is 37.8 Å². The number of amides is 1. The topological polar surface area (TPSA) is 116 Å². The van der Waals surface area contributed by atoms with Crippen LogP contribution in [0.5, 0.6) is 5.75 Å². The number of carbonyl (C=O) groups excluding carboxylic acids is 1. The van der Waals surface area contributed by atoms with Crippen molar-refractivity contribution < 1.29 is 17.4 Å². The highest BCUT2D eigenvalue weighted by Gasteiger charge is 2.30. The molecule has 3 N–H and O–H groups in total. The summed E-state index contributed by atoms with van der Waals surface area (Å²) in [6.07, 6.45) is 1.80. The first kappa shape index (κ1) is 21.1. The average molecular weight is 444 g/mol. The molecule has 0 atom stereocenters. The maximum absolute atomic E-state index is 12.7. The van der Waals surface area contributed by atoms with Crippen LogP contribution in [0.3, 0.4) is 0 Å². The van der Waals surface area contributed by atoms with Crippen LogP contribution in [0.1, 0.15) is 12.8 Å². The van der Waals surface area contributed by atoms with Gasteiger partial charge in [-0.3, -0.25) is 10.1 Å². The first-order valence-electron chi connectivity index (χ1n) is 10.0. The number of imidazole rings is 1. The molecule has 0 unspecified atom stereocenters. The third-order valence-corrected chi connectivity index (χ3v) is 6.14. The van der Waals surface area contributed by atoms with Crippen molar-refractivity contribution in [1.82, 2.24) is 14.9 Å². The van der Waals surface area contributed by atoms with Crippen molar-refractivity contribution in [2.24, 2.45) is 5.92 Å². The number of nitrogens with zero attached hydrogens (tertiary/aromatic N) is 2. The molecule has 0 spiro atoms. The fourth-order valence-electron chi connectivity index (χ4n) is 3.00. The Morgan fingerprint density at radius 3 is 2.61 bits per heavy atom. The standard InChI is InChI=1S/C21H25N5O4S/c1-26(2)12-11-22-15-5-8-17(9-6-15)31(28,29)30-16-7-10-18-19(13-16)24-21(23-18)25-20(27)14-3-4-14/h5-10,13-14,22H,3-4,11-12H2,1-2H3,(H2,23,24,25,27). The second-order valence-electron chi connectivity index (χ2n) is 7.82. The molecule has 31 heavy (non-hydrogen) atoms. The Balaban J connectivity index is 1.43. The molecule has 0 radical (unpaired) electrons. The Morgan fingerprint density at radius 2 is 1.94 bits per heavy atom. The smallest absolute Gasteiger partial charge is 0.339 e. The maximum Gasteiger partial charge on any atom is 0.339 e. The highest BCUT2D eigenvalue weighted by atomic mass is 32.2. The van der Waals surface area contributed by atoms with Gasteiger partial charge in [-0.05, 0) is 63.3 Å². The van der Waals surface area contributed by atoms with Crippen molar-refractivity contribution in [1.29, 1.82) is 0 Å². The molecule has 0 bridgehead atoms. The molecule has 164 valence electrons. The summed E-state index contributed by atoms with van der Waals surface area (Å²) in [5.41, 5.74) is 2.00. The van der Waals surface area contributed by atoms with Gasteiger partial charge in [-0.1, -0.05) is 0 Å². The van der Waals surface area contributed by atoms with Crippen LogP contribution in [0.2, 0.25) is 0 Å². The van der Waals surface area contributed by atoms with Gasteiger partial charge in [0.25, 0.3) is 0 Å². The number of hydrogen-bond donors (Lipinski definition) is 3. The number of H-pyrrole nitrogens is 1. The van der Waals surface area contributed by atoms with E-state index in [0.29, 0.717) is 17.0 Å². The molecule has 1 aliphatic carbocycles. The van der Waals surface area contributed by atoms with Gasteiger partial charge >= 0.3 is 10.1 Å². The van der Waals surface area contributed by atoms with E-state index >= 15 is 0 Å². The summed E-state index contributed by atoms with van der Waals surface area (Å²) in [6.45, 7) is 1.62. The minimum atomic E-state index is -3.99. The van der Waals surface area contributed by atoms with Crippen LogP contribution in [0, 0.1) is 5.92 Å². The van der Waals surface area contributed by atoms with Crippen LogP contribution in [-0.4, -0.2) is 56.4 Å². The van der Waals surface area contributed by atoms with Crippen LogP contribution < -0.4 is 14.8 Å². The van der Waals surface area contributed by atoms with Crippen molar-refractivity contribution >= 4 is 38.7 Å². The maximum atomic E-state index is 12.7. The van der Waals surface area contributed by atoms with Gasteiger partial charge < -0.3 is 19.4 Å². The molecule has 1 fully saturated rings. The van der Waals surface area contributed by atoms with Crippen LogP contribution in [0.15, 0.2) is 47.4 Å². The zero-order valence-electron chi connectivity index (χ0n) is 17.4. The number of likely N-dealkylation sites (N-methyl/N-ethyl adjacent to an activating group) is 1. The fraction of sp³-hybridized carbons (Fsp3) is 0.333. The zero-order chi connectivity index (χ0) is 22.0. The monoisotopic (exact) mass is 443 g/mol. The highest BCUT2D eigenvalue weighted by molar-refractivity contribution is 7.87. The second-order valence-corrected chi connectivity index (χ2v) is 9.37. The first-order valence-corrected chi connectivity index (χ1v) is 11.4. The van der Waals surface area contributed by atoms with Gasteiger partial charge in [0.2, 0.25) is 11.9 Å². The van der Waals surface area contributed by atoms with E-state index in [1.807, 2.05) is 14.1 Å². The Hall–Kier alpha value is -3.11. The van der Waals surface area contributed by atoms with Gasteiger partial charge in [-0.25, -0.2) is 4.98 Å². The molecular weight excluding hydrogens is 418 g/mol. The van der Waals surface area contributed by atoms with Crippen LogP contribution in [0.25, 0.3) is 11.0 Å². The lowest BCUT2D eigenvalue weighted by Gasteiger charge is -2.12. The Labute approximate surface area is 180 Å². The van der Waals surface area contributed by atoms with E-state index in [9.17, 15) is 13.2 Å². The third kappa shape index (κ3) is 5.33. The lowest BCUT2D eigenvalue weighted by atomic mass is 10.3. The number of aromatic amines is 1. The summed E-state index contributed by atoms with van der Waals surface area (Å²) in [4.78, 5) is 21.3. The van der Waals surface area contributed by atoms with E-state index in [-0.39, 0.29) is 22.5 Å². The number of anilines is 2. The molecule has 10 heteroatoms. The average Bonchev–Trinajstić information content (AvgIpc) is 3.49. The molecule has 1 amide bonds. The van der Waals surface area contributed by atoms with E-state index in [2.05, 4.69) is 25.5 Å². The van der Waals surface area contributed by atoms with Crippen molar-refractivity contribution in [2.45, 2.75) is 17.7 Å². The van der Waals surface area contributed by atoms with Gasteiger partial charge in [0, 0.05) is 30.8 Å². The number of benzene rings is 2. The Bertz CT molecular complexity index is 1180. The Morgan fingerprint density at radius 1 is 1.19 bits per heavy atom. The second kappa shape index (κ2) is 8.56. The van der Waals surface area contributed by atoms with Gasteiger partial charge in [0.1, 0.15) is 10.6 Å². The first-order chi connectivity index (χ1) is 14.8. The van der Waals surface area contributed by atoms with E-state index in [0.717, 1.165) is 31.6 Å². The molecule has 4 rings (SSSR count). The van der Waals surface area contributed by atoms with Crippen molar-refractivity contribution in [3.05, 3.63) is 42.5 Å². The van der Waals surface area contributed by atoms with Crippen LogP contribution in [0.4, 0.5) is 11.6 Å². The predicted molar refractivity (Wildman–Crippen MR) is 119 cm³/mol. The highest BCUT2D eigenvalue weighted by Crippen LogP contribution is 2.30. The minimum Gasteiger partial charge on any atom is -0.384 e. The van der Waals surface area contributed by atoms with Gasteiger partial charge in [-0.2, -0.15) is 8.42 Å². The van der Waals surface area contributed by atoms with E-state index in [4.69, 9.17) is 4.18 Å². The summed E-state index contributed by atoms with van der Waals surface area (Å²) in [6, 6.07) is 11.1. The van der Waals surface area contributed by atoms with E-state index in [1.54, 1.807) is 24.3 Å². The molecule has 1 saturated carbocycles. The van der Waals surface area contributed by atoms with Crippen molar-refractivity contribution in [3.63, 3.8) is 0 Å². The predicted octanol–water partition coefficient (Wildman–Crippen LogP) is 2.65. The zero-order valence-corrected chi connectivity index (χ0v) is 18.2. The number of hydrogen-bond acceptors (Lipinski definition) is 7. The molecule has 3 aromatic rings. The van der Waals surface area contributed by atoms with E-state index in [1.165, 1.54) is 18.2 Å². The number of rotatable bonds is 9. The lowest BCUT2D eigenvalue weighted by Crippen LogP contribution is -2.20. The Kier molecular flexibility index (Phi) is 5.84. The minimum absolute atomic E-state index is 0.0576. The summed E-state index contributed by atoms with van der Waals surface area (Å²) in [5, 5.41) is 5.97. The molecule has 2 aromatic carbocycles. The van der Waals surface area contributed by atoms with Crippen LogP contribution >= 0.6 is 0 Å². The van der Waals surface area contributed by atoms with Crippen molar-refractivity contribution in [3.8, 4) is 5.75 Å². The summed E-state index contributed by atoms with van der Waals surface area (Å²) >= 11 is 0. The SMILES string of the molecule is CN(C)CCNc1ccc(S(=O)(=O)Oc2ccc3nc(NC(=O)C4CC4)[nH]c3c2)cc1. The molecule has 1 heterocycles. The number of aromatic nitrogens is 2. The third-order valence-electron chi connectivity index (χ3n) is 4.88. The van der Waals surface area contributed by atoms with E-state index < -0.39 is 10.1 Å². The number of nitrogens with one attached hydrogen (secondary N) is 3. The largest absolute Gasteiger partial charge is 0.384 e. The quantitative estimate of drug-likeness (QED) is 0.435. The molecule has 0 saturated heterocycles. The molecule has 9 nitrogen and oxygen atoms in total. The summed E-state index contributed by atoms with van der Waals surface area (Å²) < 4.78 is 30.6. The number of fused-ring (bicyclic) bond motifs is 1. The van der Waals surface area contributed by atoms with Crippen LogP contribution in [-0.2, 0) is 14.9 Å². The van der Waals surface area contributed by atoms with Gasteiger partial charge in [0.05, 0.1) is 11.0 Å². The fourth-order valence-corrected chi connectivity index (χ4v) is 3.92. The molecular formula is C21H25N5O4S. The molecule has 0 aliphatic heterocycles. The summed E-state index contributed by atoms with van der Waals surface area (Å²) in [5.74, 6) is 0.498. The van der Waals surface area contributed by atoms with Gasteiger partial charge in [0.15, 0.2) is 0 Å². The molecule has 1 aliphatic rings. The van der Waals surface area contributed by atoms with Gasteiger partial charge in [-0.15, -0.1) is 0 Å².